The number of tetrazole rings is 1. The first-order valence-electron chi connectivity index (χ1n) is 8.30. The van der Waals surface area contributed by atoms with E-state index in [1.165, 1.54) is 17.4 Å². The molecule has 2 atom stereocenters. The molecule has 0 saturated heterocycles. The molecule has 7 nitrogen and oxygen atoms in total. The number of carbonyl (C=O) groups is 1. The van der Waals surface area contributed by atoms with Gasteiger partial charge >= 0.3 is 0 Å². The van der Waals surface area contributed by atoms with Crippen molar-refractivity contribution in [2.45, 2.75) is 25.8 Å². The third kappa shape index (κ3) is 3.05. The molecular formula is C18H19N5O2. The van der Waals surface area contributed by atoms with E-state index in [9.17, 15) is 4.79 Å². The lowest BCUT2D eigenvalue weighted by atomic mass is 10.1. The standard InChI is InChI=1S/C18H19N5O2/c1-12-9-15(12)17-8-7-13(25-17)10-22(2)18(24)14-5-3-4-6-16(14)23-11-19-20-21-23/h3-8,11-12,15H,9-10H2,1-2H3. The van der Waals surface area contributed by atoms with Crippen LogP contribution < -0.4 is 0 Å². The summed E-state index contributed by atoms with van der Waals surface area (Å²) in [5.41, 5.74) is 1.19. The molecule has 1 aliphatic carbocycles. The first-order valence-corrected chi connectivity index (χ1v) is 8.30. The number of amides is 1. The lowest BCUT2D eigenvalue weighted by Gasteiger charge is -2.17. The van der Waals surface area contributed by atoms with E-state index in [1.807, 2.05) is 30.3 Å². The summed E-state index contributed by atoms with van der Waals surface area (Å²) in [6, 6.07) is 11.2. The van der Waals surface area contributed by atoms with Gasteiger partial charge < -0.3 is 9.32 Å². The van der Waals surface area contributed by atoms with Gasteiger partial charge in [-0.2, -0.15) is 4.68 Å². The number of carbonyl (C=O) groups excluding carboxylic acids is 1. The van der Waals surface area contributed by atoms with Crippen molar-refractivity contribution >= 4 is 5.91 Å². The summed E-state index contributed by atoms with van der Waals surface area (Å²) in [6.45, 7) is 2.64. The second kappa shape index (κ2) is 6.16. The van der Waals surface area contributed by atoms with Crippen molar-refractivity contribution in [3.8, 4) is 5.69 Å². The molecule has 1 aromatic carbocycles. The highest BCUT2D eigenvalue weighted by atomic mass is 16.3. The van der Waals surface area contributed by atoms with Gasteiger partial charge in [-0.05, 0) is 47.0 Å². The molecule has 0 aliphatic heterocycles. The average molecular weight is 337 g/mol. The zero-order valence-corrected chi connectivity index (χ0v) is 14.2. The van der Waals surface area contributed by atoms with Crippen LogP contribution in [0.4, 0.5) is 0 Å². The molecule has 1 fully saturated rings. The Kier molecular flexibility index (Phi) is 3.83. The molecule has 1 aliphatic rings. The molecule has 1 amide bonds. The minimum absolute atomic E-state index is 0.108. The van der Waals surface area contributed by atoms with Crippen molar-refractivity contribution < 1.29 is 9.21 Å². The van der Waals surface area contributed by atoms with Gasteiger partial charge in [0.1, 0.15) is 17.8 Å². The molecule has 0 bridgehead atoms. The third-order valence-electron chi connectivity index (χ3n) is 4.63. The van der Waals surface area contributed by atoms with Gasteiger partial charge in [0.15, 0.2) is 0 Å². The molecule has 128 valence electrons. The van der Waals surface area contributed by atoms with Crippen LogP contribution in [0.3, 0.4) is 0 Å². The molecule has 3 aromatic rings. The van der Waals surface area contributed by atoms with Crippen molar-refractivity contribution in [1.29, 1.82) is 0 Å². The second-order valence-corrected chi connectivity index (χ2v) is 6.56. The zero-order valence-electron chi connectivity index (χ0n) is 14.2. The maximum atomic E-state index is 12.9. The van der Waals surface area contributed by atoms with Crippen molar-refractivity contribution in [2.75, 3.05) is 7.05 Å². The number of para-hydroxylation sites is 1. The van der Waals surface area contributed by atoms with Crippen LogP contribution in [-0.2, 0) is 6.54 Å². The van der Waals surface area contributed by atoms with Gasteiger partial charge in [-0.15, -0.1) is 5.10 Å². The van der Waals surface area contributed by atoms with E-state index in [2.05, 4.69) is 22.4 Å². The molecule has 1 saturated carbocycles. The van der Waals surface area contributed by atoms with Crippen LogP contribution in [0.15, 0.2) is 47.1 Å². The normalized spacial score (nSPS) is 19.0. The van der Waals surface area contributed by atoms with Crippen LogP contribution in [0.5, 0.6) is 0 Å². The summed E-state index contributed by atoms with van der Waals surface area (Å²) in [5, 5.41) is 11.1. The smallest absolute Gasteiger partial charge is 0.256 e. The van der Waals surface area contributed by atoms with Crippen LogP contribution in [0.2, 0.25) is 0 Å². The number of rotatable bonds is 5. The molecule has 0 N–H and O–H groups in total. The molecule has 4 rings (SSSR count). The molecular weight excluding hydrogens is 318 g/mol. The van der Waals surface area contributed by atoms with Crippen LogP contribution in [-0.4, -0.2) is 38.1 Å². The van der Waals surface area contributed by atoms with Crippen LogP contribution >= 0.6 is 0 Å². The SMILES string of the molecule is CC1CC1c1ccc(CN(C)C(=O)c2ccccc2-n2cnnn2)o1. The van der Waals surface area contributed by atoms with Crippen molar-refractivity contribution in [1.82, 2.24) is 25.1 Å². The number of aromatic nitrogens is 4. The van der Waals surface area contributed by atoms with E-state index in [0.29, 0.717) is 29.6 Å². The Morgan fingerprint density at radius 3 is 2.84 bits per heavy atom. The van der Waals surface area contributed by atoms with Gasteiger partial charge in [-0.25, -0.2) is 0 Å². The molecule has 25 heavy (non-hydrogen) atoms. The Labute approximate surface area is 145 Å². The molecule has 0 radical (unpaired) electrons. The van der Waals surface area contributed by atoms with Crippen LogP contribution in [0, 0.1) is 5.92 Å². The number of hydrogen-bond donors (Lipinski definition) is 0. The number of benzene rings is 1. The number of hydrogen-bond acceptors (Lipinski definition) is 5. The van der Waals surface area contributed by atoms with Gasteiger partial charge in [0.25, 0.3) is 5.91 Å². The van der Waals surface area contributed by atoms with Gasteiger partial charge in [0.05, 0.1) is 17.8 Å². The van der Waals surface area contributed by atoms with E-state index in [1.54, 1.807) is 18.0 Å². The lowest BCUT2D eigenvalue weighted by Crippen LogP contribution is -2.27. The minimum Gasteiger partial charge on any atom is -0.464 e. The monoisotopic (exact) mass is 337 g/mol. The number of furan rings is 1. The minimum atomic E-state index is -0.108. The van der Waals surface area contributed by atoms with E-state index >= 15 is 0 Å². The molecule has 7 heteroatoms. The van der Waals surface area contributed by atoms with Crippen molar-refractivity contribution in [2.24, 2.45) is 5.92 Å². The fourth-order valence-corrected chi connectivity index (χ4v) is 3.03. The summed E-state index contributed by atoms with van der Waals surface area (Å²) < 4.78 is 7.39. The highest BCUT2D eigenvalue weighted by molar-refractivity contribution is 5.97. The largest absolute Gasteiger partial charge is 0.464 e. The maximum Gasteiger partial charge on any atom is 0.256 e. The van der Waals surface area contributed by atoms with Crippen LogP contribution in [0.1, 0.15) is 41.1 Å². The van der Waals surface area contributed by atoms with Crippen molar-refractivity contribution in [3.05, 3.63) is 59.8 Å². The van der Waals surface area contributed by atoms with Gasteiger partial charge in [0.2, 0.25) is 0 Å². The van der Waals surface area contributed by atoms with E-state index in [-0.39, 0.29) is 5.91 Å². The first kappa shape index (κ1) is 15.6. The highest BCUT2D eigenvalue weighted by Gasteiger charge is 2.36. The predicted octanol–water partition coefficient (Wildman–Crippen LogP) is 2.65. The molecule has 2 aromatic heterocycles. The first-order chi connectivity index (χ1) is 12.1. The summed E-state index contributed by atoms with van der Waals surface area (Å²) in [5.74, 6) is 2.95. The second-order valence-electron chi connectivity index (χ2n) is 6.56. The Bertz CT molecular complexity index is 887. The van der Waals surface area contributed by atoms with Crippen LogP contribution in [0.25, 0.3) is 5.69 Å². The molecule has 0 spiro atoms. The summed E-state index contributed by atoms with van der Waals surface area (Å²) >= 11 is 0. The Hall–Kier alpha value is -2.96. The molecule has 2 heterocycles. The fourth-order valence-electron chi connectivity index (χ4n) is 3.03. The van der Waals surface area contributed by atoms with Gasteiger partial charge in [0, 0.05) is 13.0 Å². The molecule has 2 unspecified atom stereocenters. The van der Waals surface area contributed by atoms with E-state index < -0.39 is 0 Å². The Balaban J connectivity index is 1.52. The van der Waals surface area contributed by atoms with Gasteiger partial charge in [-0.1, -0.05) is 19.1 Å². The average Bonchev–Trinajstić information content (AvgIpc) is 3.05. The summed E-state index contributed by atoms with van der Waals surface area (Å²) in [7, 11) is 1.76. The quantitative estimate of drug-likeness (QED) is 0.715. The van der Waals surface area contributed by atoms with E-state index in [4.69, 9.17) is 4.42 Å². The summed E-state index contributed by atoms with van der Waals surface area (Å²) in [4.78, 5) is 14.5. The summed E-state index contributed by atoms with van der Waals surface area (Å²) in [6.07, 6.45) is 2.66. The Morgan fingerprint density at radius 2 is 2.12 bits per heavy atom. The van der Waals surface area contributed by atoms with E-state index in [0.717, 1.165) is 11.5 Å². The fraction of sp³-hybridized carbons (Fsp3) is 0.333. The Morgan fingerprint density at radius 1 is 1.32 bits per heavy atom. The van der Waals surface area contributed by atoms with Crippen molar-refractivity contribution in [3.63, 3.8) is 0 Å². The number of nitrogens with zero attached hydrogens (tertiary/aromatic N) is 5. The highest BCUT2D eigenvalue weighted by Crippen LogP contribution is 2.47. The predicted molar refractivity (Wildman–Crippen MR) is 90.2 cm³/mol. The maximum absolute atomic E-state index is 12.9. The topological polar surface area (TPSA) is 77.1 Å². The van der Waals surface area contributed by atoms with Gasteiger partial charge in [-0.3, -0.25) is 4.79 Å². The third-order valence-corrected chi connectivity index (χ3v) is 4.63. The lowest BCUT2D eigenvalue weighted by molar-refractivity contribution is 0.0774. The zero-order chi connectivity index (χ0) is 17.4.